The van der Waals surface area contributed by atoms with Crippen molar-refractivity contribution in [1.82, 2.24) is 0 Å². The molecule has 0 saturated carbocycles. The summed E-state index contributed by atoms with van der Waals surface area (Å²) in [4.78, 5) is 17.0. The number of anilines is 2. The number of carbonyl (C=O) groups is 1. The van der Waals surface area contributed by atoms with Gasteiger partial charge in [-0.2, -0.15) is 0 Å². The summed E-state index contributed by atoms with van der Waals surface area (Å²) in [6, 6.07) is 18.8. The molecule has 0 spiro atoms. The lowest BCUT2D eigenvalue weighted by Gasteiger charge is -2.47. The highest BCUT2D eigenvalue weighted by Crippen LogP contribution is 2.46. The summed E-state index contributed by atoms with van der Waals surface area (Å²) >= 11 is 0. The van der Waals surface area contributed by atoms with Gasteiger partial charge in [-0.05, 0) is 43.0 Å². The largest absolute Gasteiger partial charge is 0.371 e. The molecule has 124 valence electrons. The lowest BCUT2D eigenvalue weighted by molar-refractivity contribution is -0.129. The zero-order valence-electron chi connectivity index (χ0n) is 14.2. The van der Waals surface area contributed by atoms with Crippen LogP contribution in [0.3, 0.4) is 0 Å². The summed E-state index contributed by atoms with van der Waals surface area (Å²) in [5.74, 6) is 0.260. The normalized spacial score (nSPS) is 24.0. The van der Waals surface area contributed by atoms with Crippen molar-refractivity contribution in [2.45, 2.75) is 32.2 Å². The molecule has 2 heterocycles. The zero-order valence-corrected chi connectivity index (χ0v) is 14.2. The molecule has 2 saturated heterocycles. The molecule has 2 fully saturated rings. The monoisotopic (exact) mass is 320 g/mol. The topological polar surface area (TPSA) is 23.6 Å². The Hall–Kier alpha value is -2.29. The molecule has 0 aliphatic carbocycles. The van der Waals surface area contributed by atoms with E-state index < -0.39 is 0 Å². The summed E-state index contributed by atoms with van der Waals surface area (Å²) in [5, 5.41) is 0. The molecule has 2 aliphatic rings. The molecule has 3 heteroatoms. The van der Waals surface area contributed by atoms with Gasteiger partial charge in [0.15, 0.2) is 0 Å². The van der Waals surface area contributed by atoms with Gasteiger partial charge in [0.25, 0.3) is 0 Å². The maximum absolute atomic E-state index is 12.5. The van der Waals surface area contributed by atoms with Gasteiger partial charge < -0.3 is 9.80 Å². The first-order chi connectivity index (χ1) is 11.8. The molecule has 3 nitrogen and oxygen atoms in total. The van der Waals surface area contributed by atoms with Gasteiger partial charge in [0, 0.05) is 24.5 Å². The van der Waals surface area contributed by atoms with Crippen molar-refractivity contribution in [2.75, 3.05) is 22.9 Å². The quantitative estimate of drug-likeness (QED) is 0.783. The van der Waals surface area contributed by atoms with Crippen LogP contribution in [0.4, 0.5) is 11.4 Å². The molecule has 1 amide bonds. The molecule has 0 aromatic heterocycles. The number of hydrogen-bond acceptors (Lipinski definition) is 2. The van der Waals surface area contributed by atoms with E-state index in [1.54, 1.807) is 0 Å². The van der Waals surface area contributed by atoms with Crippen molar-refractivity contribution in [3.05, 3.63) is 60.2 Å². The Labute approximate surface area is 143 Å². The van der Waals surface area contributed by atoms with Crippen LogP contribution in [0, 0.1) is 5.92 Å². The predicted octanol–water partition coefficient (Wildman–Crippen LogP) is 4.40. The first-order valence-electron chi connectivity index (χ1n) is 8.99. The minimum atomic E-state index is 0.0381. The average Bonchev–Trinajstić information content (AvgIpc) is 2.66. The third-order valence-electron chi connectivity index (χ3n) is 5.37. The number of amides is 1. The Morgan fingerprint density at radius 1 is 0.875 bits per heavy atom. The van der Waals surface area contributed by atoms with Crippen LogP contribution in [0.5, 0.6) is 0 Å². The highest BCUT2D eigenvalue weighted by molar-refractivity contribution is 6.03. The van der Waals surface area contributed by atoms with Gasteiger partial charge in [-0.15, -0.1) is 0 Å². The molecular weight excluding hydrogens is 296 g/mol. The Kier molecular flexibility index (Phi) is 4.01. The molecular formula is C21H24N2O. The molecule has 24 heavy (non-hydrogen) atoms. The molecule has 0 bridgehead atoms. The molecule has 2 aromatic carbocycles. The molecule has 2 aliphatic heterocycles. The van der Waals surface area contributed by atoms with Crippen molar-refractivity contribution in [3.63, 3.8) is 0 Å². The van der Waals surface area contributed by atoms with Gasteiger partial charge in [-0.3, -0.25) is 4.79 Å². The van der Waals surface area contributed by atoms with Crippen molar-refractivity contribution in [1.29, 1.82) is 0 Å². The standard InChI is InChI=1S/C21H24N2O/c1-16-20(23(21(16)24)17-10-4-2-5-11-17)18-12-6-7-13-19(18)22-14-8-3-9-15-22/h2,4-7,10-13,16,20H,3,8-9,14-15H2,1H3/t16-,20+/m1/s1. The highest BCUT2D eigenvalue weighted by atomic mass is 16.2. The fourth-order valence-corrected chi connectivity index (χ4v) is 4.08. The van der Waals surface area contributed by atoms with Crippen molar-refractivity contribution in [2.24, 2.45) is 5.92 Å². The number of benzene rings is 2. The van der Waals surface area contributed by atoms with Crippen LogP contribution in [0.25, 0.3) is 0 Å². The van der Waals surface area contributed by atoms with Gasteiger partial charge in [0.1, 0.15) is 0 Å². The summed E-state index contributed by atoms with van der Waals surface area (Å²) in [6.07, 6.45) is 3.85. The lowest BCUT2D eigenvalue weighted by Crippen LogP contribution is -2.54. The van der Waals surface area contributed by atoms with Crippen LogP contribution < -0.4 is 9.80 Å². The number of hydrogen-bond donors (Lipinski definition) is 0. The maximum atomic E-state index is 12.5. The highest BCUT2D eigenvalue weighted by Gasteiger charge is 2.46. The second-order valence-electron chi connectivity index (χ2n) is 6.88. The van der Waals surface area contributed by atoms with Gasteiger partial charge in [0.2, 0.25) is 5.91 Å². The van der Waals surface area contributed by atoms with Gasteiger partial charge in [-0.25, -0.2) is 0 Å². The van der Waals surface area contributed by atoms with Crippen LogP contribution in [-0.4, -0.2) is 19.0 Å². The first-order valence-corrected chi connectivity index (χ1v) is 8.99. The van der Waals surface area contributed by atoms with Crippen molar-refractivity contribution in [3.8, 4) is 0 Å². The van der Waals surface area contributed by atoms with Crippen molar-refractivity contribution < 1.29 is 4.79 Å². The fourth-order valence-electron chi connectivity index (χ4n) is 4.08. The number of carbonyl (C=O) groups excluding carboxylic acids is 1. The van der Waals surface area contributed by atoms with E-state index >= 15 is 0 Å². The van der Waals surface area contributed by atoms with Gasteiger partial charge in [-0.1, -0.05) is 43.3 Å². The number of piperidine rings is 1. The number of nitrogens with zero attached hydrogens (tertiary/aromatic N) is 2. The number of para-hydroxylation sites is 2. The molecule has 0 radical (unpaired) electrons. The molecule has 2 aromatic rings. The van der Waals surface area contributed by atoms with Crippen LogP contribution in [0.15, 0.2) is 54.6 Å². The van der Waals surface area contributed by atoms with E-state index in [0.717, 1.165) is 18.8 Å². The van der Waals surface area contributed by atoms with E-state index in [4.69, 9.17) is 0 Å². The van der Waals surface area contributed by atoms with E-state index in [0.29, 0.717) is 0 Å². The first kappa shape index (κ1) is 15.3. The Morgan fingerprint density at radius 3 is 2.29 bits per heavy atom. The zero-order chi connectivity index (χ0) is 16.5. The Balaban J connectivity index is 1.71. The average molecular weight is 320 g/mol. The maximum Gasteiger partial charge on any atom is 0.232 e. The number of β-lactam (4-membered cyclic amide) rings is 1. The second kappa shape index (κ2) is 6.31. The van der Waals surface area contributed by atoms with E-state index in [1.165, 1.54) is 30.5 Å². The van der Waals surface area contributed by atoms with Crippen molar-refractivity contribution >= 4 is 17.3 Å². The van der Waals surface area contributed by atoms with Gasteiger partial charge >= 0.3 is 0 Å². The third-order valence-corrected chi connectivity index (χ3v) is 5.37. The molecule has 0 unspecified atom stereocenters. The van der Waals surface area contributed by atoms with Crippen LogP contribution >= 0.6 is 0 Å². The second-order valence-corrected chi connectivity index (χ2v) is 6.88. The third kappa shape index (κ3) is 2.48. The van der Waals surface area contributed by atoms with E-state index in [2.05, 4.69) is 36.1 Å². The van der Waals surface area contributed by atoms with E-state index in [9.17, 15) is 4.79 Å². The molecule has 4 rings (SSSR count). The smallest absolute Gasteiger partial charge is 0.232 e. The lowest BCUT2D eigenvalue weighted by atomic mass is 9.82. The minimum Gasteiger partial charge on any atom is -0.371 e. The molecule has 0 N–H and O–H groups in total. The summed E-state index contributed by atoms with van der Waals surface area (Å²) in [6.45, 7) is 4.30. The summed E-state index contributed by atoms with van der Waals surface area (Å²) in [5.41, 5.74) is 3.59. The van der Waals surface area contributed by atoms with Crippen LogP contribution in [0.1, 0.15) is 37.8 Å². The van der Waals surface area contributed by atoms with E-state index in [-0.39, 0.29) is 17.9 Å². The van der Waals surface area contributed by atoms with Gasteiger partial charge in [0.05, 0.1) is 12.0 Å². The fraction of sp³-hybridized carbons (Fsp3) is 0.381. The Morgan fingerprint density at radius 2 is 1.54 bits per heavy atom. The van der Waals surface area contributed by atoms with E-state index in [1.807, 2.05) is 35.2 Å². The Bertz CT molecular complexity index is 722. The number of rotatable bonds is 3. The SMILES string of the molecule is C[C@H]1C(=O)N(c2ccccc2)[C@@H]1c1ccccc1N1CCCCC1. The molecule has 2 atom stereocenters. The van der Waals surface area contributed by atoms with Crippen LogP contribution in [0.2, 0.25) is 0 Å². The van der Waals surface area contributed by atoms with Crippen LogP contribution in [-0.2, 0) is 4.79 Å². The minimum absolute atomic E-state index is 0.0381. The summed E-state index contributed by atoms with van der Waals surface area (Å²) < 4.78 is 0. The summed E-state index contributed by atoms with van der Waals surface area (Å²) in [7, 11) is 0. The predicted molar refractivity (Wildman–Crippen MR) is 98.3 cm³/mol.